The molecule has 2 unspecified atom stereocenters. The number of hydrogen-bond donors (Lipinski definition) is 0. The SMILES string of the molecule is CC1=CP(=S)(c2ccccc2)[C@@H]2[C@@H]3C(C)=C(C)[C@H]([C@]12C)P3(=S)c1ccccc1. The molecule has 3 heterocycles. The molecule has 0 N–H and O–H groups in total. The molecule has 0 radical (unpaired) electrons. The molecule has 0 saturated carbocycles. The van der Waals surface area contributed by atoms with Crippen LogP contribution < -0.4 is 10.6 Å². The molecular weight excluding hydrogens is 414 g/mol. The second kappa shape index (κ2) is 6.12. The van der Waals surface area contributed by atoms with Gasteiger partial charge in [0.1, 0.15) is 0 Å². The molecule has 144 valence electrons. The van der Waals surface area contributed by atoms with E-state index >= 15 is 0 Å². The van der Waals surface area contributed by atoms with Crippen LogP contribution in [0.25, 0.3) is 0 Å². The van der Waals surface area contributed by atoms with Gasteiger partial charge >= 0.3 is 0 Å². The molecule has 28 heavy (non-hydrogen) atoms. The van der Waals surface area contributed by atoms with E-state index < -0.39 is 12.1 Å². The van der Waals surface area contributed by atoms with E-state index in [0.717, 1.165) is 0 Å². The summed E-state index contributed by atoms with van der Waals surface area (Å²) >= 11 is 13.4. The molecule has 0 amide bonds. The van der Waals surface area contributed by atoms with Crippen LogP contribution in [0, 0.1) is 5.41 Å². The van der Waals surface area contributed by atoms with Crippen molar-refractivity contribution in [2.75, 3.05) is 0 Å². The first-order chi connectivity index (χ1) is 13.3. The van der Waals surface area contributed by atoms with Gasteiger partial charge in [0, 0.05) is 28.4 Å². The van der Waals surface area contributed by atoms with Crippen LogP contribution in [0.3, 0.4) is 0 Å². The van der Waals surface area contributed by atoms with E-state index in [-0.39, 0.29) is 5.41 Å². The van der Waals surface area contributed by atoms with Crippen LogP contribution in [0.15, 0.2) is 83.2 Å². The highest BCUT2D eigenvalue weighted by Gasteiger charge is 2.71. The Morgan fingerprint density at radius 2 is 1.32 bits per heavy atom. The third kappa shape index (κ3) is 2.09. The zero-order chi connectivity index (χ0) is 19.9. The van der Waals surface area contributed by atoms with Crippen molar-refractivity contribution in [3.8, 4) is 0 Å². The molecular formula is C24H26P2S2. The Labute approximate surface area is 179 Å². The summed E-state index contributed by atoms with van der Waals surface area (Å²) in [6.07, 6.45) is 0. The first-order valence-electron chi connectivity index (χ1n) is 9.94. The Morgan fingerprint density at radius 1 is 0.786 bits per heavy atom. The fourth-order valence-corrected chi connectivity index (χ4v) is 21.5. The summed E-state index contributed by atoms with van der Waals surface area (Å²) in [6.45, 7) is 9.52. The van der Waals surface area contributed by atoms with Gasteiger partial charge in [-0.2, -0.15) is 0 Å². The Bertz CT molecular complexity index is 1130. The lowest BCUT2D eigenvalue weighted by atomic mass is 9.69. The Kier molecular flexibility index (Phi) is 4.19. The third-order valence-electron chi connectivity index (χ3n) is 7.72. The topological polar surface area (TPSA) is 0 Å². The van der Waals surface area contributed by atoms with Gasteiger partial charge in [-0.1, -0.05) is 108 Å². The fraction of sp³-hybridized carbons (Fsp3) is 0.333. The van der Waals surface area contributed by atoms with Crippen LogP contribution in [0.5, 0.6) is 0 Å². The smallest absolute Gasteiger partial charge is 0.0232 e. The molecule has 2 aromatic rings. The van der Waals surface area contributed by atoms with Crippen LogP contribution in [0.1, 0.15) is 27.7 Å². The number of fused-ring (bicyclic) bond motifs is 5. The Morgan fingerprint density at radius 3 is 1.89 bits per heavy atom. The van der Waals surface area contributed by atoms with Gasteiger partial charge in [-0.25, -0.2) is 0 Å². The number of allylic oxidation sites excluding steroid dienone is 3. The second-order valence-corrected chi connectivity index (χ2v) is 18.2. The van der Waals surface area contributed by atoms with Crippen LogP contribution in [-0.2, 0) is 23.6 Å². The average Bonchev–Trinajstić information content (AvgIpc) is 3.14. The number of hydrogen-bond acceptors (Lipinski definition) is 2. The molecule has 1 saturated heterocycles. The van der Waals surface area contributed by atoms with Gasteiger partial charge in [-0.05, 0) is 43.2 Å². The highest BCUT2D eigenvalue weighted by atomic mass is 32.4. The summed E-state index contributed by atoms with van der Waals surface area (Å²) < 4.78 is 0. The Balaban J connectivity index is 1.81. The molecule has 3 aliphatic heterocycles. The molecule has 1 fully saturated rings. The molecule has 0 aliphatic carbocycles. The lowest BCUT2D eigenvalue weighted by Crippen LogP contribution is -2.41. The lowest BCUT2D eigenvalue weighted by Gasteiger charge is -2.41. The second-order valence-electron chi connectivity index (χ2n) is 8.84. The highest BCUT2D eigenvalue weighted by Crippen LogP contribution is 2.86. The molecule has 0 aromatic heterocycles. The van der Waals surface area contributed by atoms with Crippen molar-refractivity contribution < 1.29 is 0 Å². The molecule has 0 spiro atoms. The van der Waals surface area contributed by atoms with Crippen LogP contribution in [0.4, 0.5) is 0 Å². The summed E-state index contributed by atoms with van der Waals surface area (Å²) in [5, 5.41) is 2.78. The van der Waals surface area contributed by atoms with Crippen LogP contribution >= 0.6 is 12.1 Å². The van der Waals surface area contributed by atoms with Gasteiger partial charge in [0.2, 0.25) is 0 Å². The molecule has 6 atom stereocenters. The highest BCUT2D eigenvalue weighted by molar-refractivity contribution is 8.22. The summed E-state index contributed by atoms with van der Waals surface area (Å²) in [4.78, 5) is 0. The van der Waals surface area contributed by atoms with Gasteiger partial charge in [0.15, 0.2) is 0 Å². The van der Waals surface area contributed by atoms with Crippen molar-refractivity contribution in [2.45, 2.75) is 44.7 Å². The zero-order valence-electron chi connectivity index (χ0n) is 16.8. The maximum absolute atomic E-state index is 6.74. The molecule has 3 aliphatic rings. The zero-order valence-corrected chi connectivity index (χ0v) is 20.2. The van der Waals surface area contributed by atoms with E-state index in [9.17, 15) is 0 Å². The number of rotatable bonds is 2. The largest absolute Gasteiger partial charge is 0.0913 e. The predicted molar refractivity (Wildman–Crippen MR) is 132 cm³/mol. The van der Waals surface area contributed by atoms with Gasteiger partial charge < -0.3 is 0 Å². The minimum atomic E-state index is -1.86. The van der Waals surface area contributed by atoms with Crippen molar-refractivity contribution in [3.05, 3.63) is 83.2 Å². The molecule has 2 bridgehead atoms. The lowest BCUT2D eigenvalue weighted by molar-refractivity contribution is 0.399. The first kappa shape index (κ1) is 19.2. The first-order valence-corrected chi connectivity index (χ1v) is 15.8. The van der Waals surface area contributed by atoms with Crippen molar-refractivity contribution in [1.29, 1.82) is 0 Å². The van der Waals surface area contributed by atoms with E-state index in [4.69, 9.17) is 23.6 Å². The van der Waals surface area contributed by atoms with E-state index in [1.165, 1.54) is 16.2 Å². The van der Waals surface area contributed by atoms with Crippen molar-refractivity contribution in [3.63, 3.8) is 0 Å². The molecule has 2 aromatic carbocycles. The molecule has 5 rings (SSSR count). The molecule has 4 heteroatoms. The van der Waals surface area contributed by atoms with Gasteiger partial charge in [-0.15, -0.1) is 0 Å². The van der Waals surface area contributed by atoms with Gasteiger partial charge in [0.05, 0.1) is 0 Å². The summed E-state index contributed by atoms with van der Waals surface area (Å²) in [7, 11) is 0. The van der Waals surface area contributed by atoms with E-state index in [1.54, 1.807) is 11.1 Å². The maximum Gasteiger partial charge on any atom is 0.0232 e. The summed E-state index contributed by atoms with van der Waals surface area (Å²) in [5.74, 6) is 2.51. The van der Waals surface area contributed by atoms with E-state index in [1.807, 2.05) is 0 Å². The van der Waals surface area contributed by atoms with Crippen LogP contribution in [-0.4, -0.2) is 17.0 Å². The fourth-order valence-electron chi connectivity index (χ4n) is 6.40. The van der Waals surface area contributed by atoms with Crippen LogP contribution in [0.2, 0.25) is 0 Å². The monoisotopic (exact) mass is 440 g/mol. The van der Waals surface area contributed by atoms with Gasteiger partial charge in [-0.3, -0.25) is 0 Å². The minimum absolute atomic E-state index is 0.102. The maximum atomic E-state index is 6.74. The number of benzene rings is 2. The summed E-state index contributed by atoms with van der Waals surface area (Å²) in [5.41, 5.74) is 6.07. The van der Waals surface area contributed by atoms with Crippen molar-refractivity contribution in [2.24, 2.45) is 5.41 Å². The minimum Gasteiger partial charge on any atom is -0.0913 e. The Hall–Kier alpha value is -0.780. The van der Waals surface area contributed by atoms with E-state index in [0.29, 0.717) is 17.0 Å². The van der Waals surface area contributed by atoms with Crippen molar-refractivity contribution in [1.82, 2.24) is 0 Å². The van der Waals surface area contributed by atoms with Gasteiger partial charge in [0.25, 0.3) is 0 Å². The summed E-state index contributed by atoms with van der Waals surface area (Å²) in [6, 6.07) is 18.3. The third-order valence-corrected chi connectivity index (χ3v) is 19.4. The quantitative estimate of drug-likeness (QED) is 0.416. The average molecular weight is 441 g/mol. The molecule has 0 nitrogen and oxygen atoms in total. The predicted octanol–water partition coefficient (Wildman–Crippen LogP) is 5.99. The standard InChI is InChI=1S/C24H26P2S2/c1-16-15-25(27,19-11-7-5-8-12-19)23-21-17(2)18(3)22(24(16,23)4)26(21,28)20-13-9-6-10-14-20/h5-15,21-23H,1-4H3/t21-,22+,23+,24-,25?,26?/m0/s1. The van der Waals surface area contributed by atoms with Crippen molar-refractivity contribution >= 4 is 46.3 Å². The normalized spacial score (nSPS) is 41.3. The van der Waals surface area contributed by atoms with E-state index in [2.05, 4.69) is 94.2 Å².